The molecule has 1 rings (SSSR count). The van der Waals surface area contributed by atoms with E-state index in [2.05, 4.69) is 15.9 Å². The molecule has 1 unspecified atom stereocenters. The van der Waals surface area contributed by atoms with E-state index in [-0.39, 0.29) is 0 Å². The molecule has 2 amide bonds. The lowest BCUT2D eigenvalue weighted by atomic mass is 10.2. The molecule has 0 aliphatic heterocycles. The van der Waals surface area contributed by atoms with Crippen LogP contribution in [-0.4, -0.2) is 29.5 Å². The Morgan fingerprint density at radius 2 is 2.18 bits per heavy atom. The molecular formula is C10H15N3O3S. The number of ether oxygens (including phenoxy) is 1. The van der Waals surface area contributed by atoms with Gasteiger partial charge in [0.05, 0.1) is 18.5 Å². The van der Waals surface area contributed by atoms with E-state index in [1.165, 1.54) is 13.4 Å². The Morgan fingerprint density at radius 1 is 1.53 bits per heavy atom. The van der Waals surface area contributed by atoms with Gasteiger partial charge in [0.15, 0.2) is 5.75 Å². The lowest BCUT2D eigenvalue weighted by Gasteiger charge is -2.13. The predicted octanol–water partition coefficient (Wildman–Crippen LogP) is 0.660. The van der Waals surface area contributed by atoms with Crippen molar-refractivity contribution in [3.63, 3.8) is 0 Å². The van der Waals surface area contributed by atoms with Crippen LogP contribution in [0.5, 0.6) is 5.75 Å². The standard InChI is InChI=1S/C10H15N3O3S/c1-16-9-7(11)5-4-6-8(9)12-10(14)13-17(2,3)15/h4-6H,2,11H2,1,3H3,(H2,12,13,14,15). The second kappa shape index (κ2) is 4.96. The summed E-state index contributed by atoms with van der Waals surface area (Å²) in [5.41, 5.74) is 6.47. The summed E-state index contributed by atoms with van der Waals surface area (Å²) in [6.07, 6.45) is 1.32. The summed E-state index contributed by atoms with van der Waals surface area (Å²) in [7, 11) is -1.16. The molecule has 0 spiro atoms. The normalized spacial score (nSPS) is 13.5. The van der Waals surface area contributed by atoms with Crippen LogP contribution in [0.3, 0.4) is 0 Å². The van der Waals surface area contributed by atoms with Crippen molar-refractivity contribution in [1.29, 1.82) is 0 Å². The number of carbonyl (C=O) groups is 1. The zero-order valence-electron chi connectivity index (χ0n) is 9.65. The van der Waals surface area contributed by atoms with E-state index in [1.54, 1.807) is 18.2 Å². The summed E-state index contributed by atoms with van der Waals surface area (Å²) in [4.78, 5) is 11.5. The number of nitrogens with one attached hydrogen (secondary N) is 2. The summed E-state index contributed by atoms with van der Waals surface area (Å²) < 4.78 is 18.5. The minimum atomic E-state index is -2.61. The van der Waals surface area contributed by atoms with Crippen molar-refractivity contribution in [1.82, 2.24) is 4.72 Å². The molecular weight excluding hydrogens is 242 g/mol. The number of rotatable bonds is 3. The van der Waals surface area contributed by atoms with Crippen LogP contribution in [0.2, 0.25) is 0 Å². The maximum atomic E-state index is 11.5. The number of nitrogen functional groups attached to an aromatic ring is 1. The molecule has 0 saturated heterocycles. The fourth-order valence-electron chi connectivity index (χ4n) is 1.23. The molecule has 0 heterocycles. The van der Waals surface area contributed by atoms with Crippen LogP contribution in [0.1, 0.15) is 0 Å². The zero-order valence-corrected chi connectivity index (χ0v) is 10.5. The summed E-state index contributed by atoms with van der Waals surface area (Å²) in [6, 6.07) is 4.30. The molecule has 0 aliphatic rings. The second-order valence-electron chi connectivity index (χ2n) is 3.49. The van der Waals surface area contributed by atoms with Gasteiger partial charge in [-0.1, -0.05) is 6.07 Å². The van der Waals surface area contributed by atoms with Gasteiger partial charge in [0, 0.05) is 16.0 Å². The van der Waals surface area contributed by atoms with E-state index in [1.807, 2.05) is 0 Å². The highest BCUT2D eigenvalue weighted by atomic mass is 32.2. The van der Waals surface area contributed by atoms with Crippen molar-refractivity contribution in [2.24, 2.45) is 0 Å². The Morgan fingerprint density at radius 3 is 2.71 bits per heavy atom. The number of methoxy groups -OCH3 is 1. The monoisotopic (exact) mass is 257 g/mol. The number of benzene rings is 1. The van der Waals surface area contributed by atoms with Gasteiger partial charge in [-0.2, -0.15) is 0 Å². The SMILES string of the molecule is C=S(C)(=O)NC(=O)Nc1cccc(N)c1OC. The van der Waals surface area contributed by atoms with E-state index < -0.39 is 15.7 Å². The molecule has 0 aromatic heterocycles. The third-order valence-electron chi connectivity index (χ3n) is 1.81. The summed E-state index contributed by atoms with van der Waals surface area (Å²) >= 11 is 0. The fourth-order valence-corrected chi connectivity index (χ4v) is 1.67. The van der Waals surface area contributed by atoms with E-state index >= 15 is 0 Å². The van der Waals surface area contributed by atoms with Crippen LogP contribution in [-0.2, 0) is 9.71 Å². The summed E-state index contributed by atoms with van der Waals surface area (Å²) in [5.74, 6) is 3.67. The van der Waals surface area contributed by atoms with Crippen molar-refractivity contribution in [2.75, 3.05) is 24.4 Å². The average Bonchev–Trinajstić information content (AvgIpc) is 2.14. The lowest BCUT2D eigenvalue weighted by molar-refractivity contribution is 0.257. The quantitative estimate of drug-likeness (QED) is 0.547. The van der Waals surface area contributed by atoms with Gasteiger partial charge in [-0.3, -0.25) is 4.72 Å². The summed E-state index contributed by atoms with van der Waals surface area (Å²) in [6.45, 7) is 0. The molecule has 7 heteroatoms. The van der Waals surface area contributed by atoms with Gasteiger partial charge in [0.25, 0.3) is 0 Å². The molecule has 1 atom stereocenters. The minimum Gasteiger partial charge on any atom is -0.492 e. The van der Waals surface area contributed by atoms with E-state index in [0.29, 0.717) is 17.1 Å². The van der Waals surface area contributed by atoms with Gasteiger partial charge >= 0.3 is 6.03 Å². The molecule has 0 bridgehead atoms. The molecule has 0 radical (unpaired) electrons. The van der Waals surface area contributed by atoms with Gasteiger partial charge in [-0.15, -0.1) is 0 Å². The van der Waals surface area contributed by atoms with Crippen LogP contribution in [0.25, 0.3) is 0 Å². The molecule has 0 saturated carbocycles. The Kier molecular flexibility index (Phi) is 3.84. The Bertz CT molecular complexity index is 526. The lowest BCUT2D eigenvalue weighted by Crippen LogP contribution is -2.33. The van der Waals surface area contributed by atoms with E-state index in [9.17, 15) is 9.00 Å². The molecule has 1 aromatic rings. The van der Waals surface area contributed by atoms with Gasteiger partial charge < -0.3 is 15.8 Å². The number of amides is 2. The average molecular weight is 257 g/mol. The zero-order chi connectivity index (χ0) is 13.1. The third-order valence-corrected chi connectivity index (χ3v) is 2.42. The number of carbonyl (C=O) groups excluding carboxylic acids is 1. The molecule has 1 aromatic carbocycles. The highest BCUT2D eigenvalue weighted by molar-refractivity contribution is 7.98. The maximum Gasteiger partial charge on any atom is 0.330 e. The smallest absolute Gasteiger partial charge is 0.330 e. The molecule has 94 valence electrons. The minimum absolute atomic E-state index is 0.356. The second-order valence-corrected chi connectivity index (χ2v) is 5.70. The van der Waals surface area contributed by atoms with Crippen molar-refractivity contribution in [2.45, 2.75) is 0 Å². The first-order valence-electron chi connectivity index (χ1n) is 4.67. The first kappa shape index (κ1) is 13.2. The van der Waals surface area contributed by atoms with Gasteiger partial charge in [0.1, 0.15) is 0 Å². The van der Waals surface area contributed by atoms with Gasteiger partial charge in [-0.05, 0) is 18.0 Å². The highest BCUT2D eigenvalue weighted by Gasteiger charge is 2.10. The number of anilines is 2. The number of para-hydroxylation sites is 1. The molecule has 17 heavy (non-hydrogen) atoms. The molecule has 6 nitrogen and oxygen atoms in total. The van der Waals surface area contributed by atoms with Crippen LogP contribution in [0.15, 0.2) is 18.2 Å². The van der Waals surface area contributed by atoms with Crippen LogP contribution >= 0.6 is 0 Å². The first-order chi connectivity index (χ1) is 7.83. The van der Waals surface area contributed by atoms with Gasteiger partial charge in [0.2, 0.25) is 0 Å². The largest absolute Gasteiger partial charge is 0.492 e. The van der Waals surface area contributed by atoms with Crippen molar-refractivity contribution in [3.8, 4) is 5.75 Å². The summed E-state index contributed by atoms with van der Waals surface area (Å²) in [5, 5.41) is 2.48. The van der Waals surface area contributed by atoms with Crippen molar-refractivity contribution >= 4 is 33.0 Å². The Balaban J connectivity index is 2.89. The Hall–Kier alpha value is -1.89. The predicted molar refractivity (Wildman–Crippen MR) is 70.7 cm³/mol. The highest BCUT2D eigenvalue weighted by Crippen LogP contribution is 2.30. The fraction of sp³-hybridized carbons (Fsp3) is 0.200. The van der Waals surface area contributed by atoms with E-state index in [4.69, 9.17) is 10.5 Å². The number of urea groups is 1. The van der Waals surface area contributed by atoms with Crippen LogP contribution < -0.4 is 20.5 Å². The van der Waals surface area contributed by atoms with Crippen molar-refractivity contribution in [3.05, 3.63) is 18.2 Å². The first-order valence-corrected chi connectivity index (χ1v) is 6.80. The topological polar surface area (TPSA) is 93.5 Å². The van der Waals surface area contributed by atoms with Crippen LogP contribution in [0, 0.1) is 0 Å². The molecule has 4 N–H and O–H groups in total. The Labute approximate surface area is 100 Å². The van der Waals surface area contributed by atoms with Crippen LogP contribution in [0.4, 0.5) is 16.2 Å². The number of hydrogen-bond acceptors (Lipinski definition) is 4. The molecule has 0 fully saturated rings. The third kappa shape index (κ3) is 3.87. The van der Waals surface area contributed by atoms with Gasteiger partial charge in [-0.25, -0.2) is 9.00 Å². The number of hydrogen-bond donors (Lipinski definition) is 3. The van der Waals surface area contributed by atoms with E-state index in [0.717, 1.165) is 0 Å². The maximum absolute atomic E-state index is 11.5. The van der Waals surface area contributed by atoms with Crippen molar-refractivity contribution < 1.29 is 13.7 Å². The molecule has 0 aliphatic carbocycles. The number of nitrogens with two attached hydrogens (primary N) is 1.